The molecule has 2 saturated heterocycles. The molecule has 0 bridgehead atoms. The van der Waals surface area contributed by atoms with E-state index in [1.54, 1.807) is 0 Å². The number of likely N-dealkylation sites (tertiary alicyclic amines) is 2. The van der Waals surface area contributed by atoms with Gasteiger partial charge in [-0.25, -0.2) is 0 Å². The zero-order valence-corrected chi connectivity index (χ0v) is 19.9. The lowest BCUT2D eigenvalue weighted by Gasteiger charge is -2.53. The van der Waals surface area contributed by atoms with Crippen LogP contribution in [0.2, 0.25) is 0 Å². The number of amides is 1. The summed E-state index contributed by atoms with van der Waals surface area (Å²) in [6.45, 7) is 3.92. The number of nitrogens with one attached hydrogen (secondary N) is 1. The van der Waals surface area contributed by atoms with Crippen molar-refractivity contribution >= 4 is 16.8 Å². The fourth-order valence-corrected chi connectivity index (χ4v) is 5.42. The van der Waals surface area contributed by atoms with Crippen molar-refractivity contribution in [2.75, 3.05) is 33.2 Å². The van der Waals surface area contributed by atoms with Crippen LogP contribution >= 0.6 is 0 Å². The number of piperidine rings is 1. The van der Waals surface area contributed by atoms with Gasteiger partial charge in [0.2, 0.25) is 0 Å². The van der Waals surface area contributed by atoms with Crippen molar-refractivity contribution < 1.29 is 4.79 Å². The minimum atomic E-state index is 0.0780. The average Bonchev–Trinajstić information content (AvgIpc) is 3.30. The SMILES string of the molecule is CN1CCC2(CC1)CN(C(=O)c1cccc3[nH]nc(C#Cc4ccccc4-c4ccccc4)c13)C2. The third kappa shape index (κ3) is 4.00. The summed E-state index contributed by atoms with van der Waals surface area (Å²) < 4.78 is 0. The number of rotatable bonds is 2. The summed E-state index contributed by atoms with van der Waals surface area (Å²) in [5.74, 6) is 6.65. The van der Waals surface area contributed by atoms with Gasteiger partial charge in [-0.3, -0.25) is 9.89 Å². The minimum absolute atomic E-state index is 0.0780. The van der Waals surface area contributed by atoms with E-state index < -0.39 is 0 Å². The van der Waals surface area contributed by atoms with E-state index in [1.165, 1.54) is 12.8 Å². The van der Waals surface area contributed by atoms with E-state index in [9.17, 15) is 4.79 Å². The van der Waals surface area contributed by atoms with Crippen LogP contribution in [-0.4, -0.2) is 59.1 Å². The Kier molecular flexibility index (Phi) is 5.39. The van der Waals surface area contributed by atoms with Gasteiger partial charge in [0.1, 0.15) is 5.69 Å². The van der Waals surface area contributed by atoms with E-state index in [-0.39, 0.29) is 5.91 Å². The van der Waals surface area contributed by atoms with E-state index in [4.69, 9.17) is 0 Å². The van der Waals surface area contributed by atoms with Crippen LogP contribution in [0.15, 0.2) is 72.8 Å². The predicted molar refractivity (Wildman–Crippen MR) is 139 cm³/mol. The maximum Gasteiger partial charge on any atom is 0.254 e. The topological polar surface area (TPSA) is 52.2 Å². The summed E-state index contributed by atoms with van der Waals surface area (Å²) in [6.07, 6.45) is 2.33. The lowest BCUT2D eigenvalue weighted by molar-refractivity contribution is -0.0282. The number of hydrogen-bond acceptors (Lipinski definition) is 3. The van der Waals surface area contributed by atoms with Crippen molar-refractivity contribution in [1.82, 2.24) is 20.0 Å². The lowest BCUT2D eigenvalue weighted by Crippen LogP contribution is -2.61. The molecule has 2 aliphatic rings. The van der Waals surface area contributed by atoms with Crippen LogP contribution < -0.4 is 0 Å². The second-order valence-electron chi connectivity index (χ2n) is 9.93. The van der Waals surface area contributed by atoms with Crippen molar-refractivity contribution in [3.05, 3.63) is 89.6 Å². The molecule has 1 N–H and O–H groups in total. The summed E-state index contributed by atoms with van der Waals surface area (Å²) in [5.41, 5.74) is 5.58. The number of benzene rings is 3. The molecule has 0 atom stereocenters. The molecule has 1 spiro atoms. The number of hydrogen-bond donors (Lipinski definition) is 1. The first-order valence-electron chi connectivity index (χ1n) is 12.2. The number of carbonyl (C=O) groups excluding carboxylic acids is 1. The summed E-state index contributed by atoms with van der Waals surface area (Å²) in [6, 6.07) is 24.2. The molecule has 3 aromatic carbocycles. The fourth-order valence-electron chi connectivity index (χ4n) is 5.42. The molecule has 4 aromatic rings. The Morgan fingerprint density at radius 2 is 1.66 bits per heavy atom. The summed E-state index contributed by atoms with van der Waals surface area (Å²) in [4.78, 5) is 17.9. The van der Waals surface area contributed by atoms with Gasteiger partial charge in [0, 0.05) is 29.5 Å². The highest BCUT2D eigenvalue weighted by Gasteiger charge is 2.46. The summed E-state index contributed by atoms with van der Waals surface area (Å²) >= 11 is 0. The van der Waals surface area contributed by atoms with Crippen LogP contribution in [-0.2, 0) is 0 Å². The zero-order chi connectivity index (χ0) is 23.8. The third-order valence-corrected chi connectivity index (χ3v) is 7.53. The Balaban J connectivity index is 1.31. The average molecular weight is 461 g/mol. The normalized spacial score (nSPS) is 17.1. The second kappa shape index (κ2) is 8.72. The Hall–Kier alpha value is -3.88. The number of carbonyl (C=O) groups is 1. The van der Waals surface area contributed by atoms with E-state index >= 15 is 0 Å². The van der Waals surface area contributed by atoms with Gasteiger partial charge < -0.3 is 9.80 Å². The van der Waals surface area contributed by atoms with Crippen molar-refractivity contribution in [2.24, 2.45) is 5.41 Å². The largest absolute Gasteiger partial charge is 0.337 e. The molecule has 1 amide bonds. The van der Waals surface area contributed by atoms with Gasteiger partial charge in [-0.2, -0.15) is 5.10 Å². The van der Waals surface area contributed by atoms with E-state index in [2.05, 4.69) is 52.2 Å². The first-order chi connectivity index (χ1) is 17.1. The number of nitrogens with zero attached hydrogens (tertiary/aromatic N) is 3. The van der Waals surface area contributed by atoms with Crippen LogP contribution in [0.1, 0.15) is 34.5 Å². The first kappa shape index (κ1) is 21.6. The second-order valence-corrected chi connectivity index (χ2v) is 9.93. The molecule has 5 nitrogen and oxygen atoms in total. The van der Waals surface area contributed by atoms with Crippen LogP contribution in [0.3, 0.4) is 0 Å². The van der Waals surface area contributed by atoms with Crippen LogP contribution in [0.25, 0.3) is 22.0 Å². The Labute approximate surface area is 205 Å². The number of fused-ring (bicyclic) bond motifs is 1. The monoisotopic (exact) mass is 460 g/mol. The van der Waals surface area contributed by atoms with Crippen molar-refractivity contribution in [3.63, 3.8) is 0 Å². The Bertz CT molecular complexity index is 1440. The number of H-pyrrole nitrogens is 1. The summed E-state index contributed by atoms with van der Waals surface area (Å²) in [7, 11) is 2.18. The molecule has 6 rings (SSSR count). The van der Waals surface area contributed by atoms with Gasteiger partial charge in [-0.1, -0.05) is 60.5 Å². The van der Waals surface area contributed by atoms with Crippen LogP contribution in [0.4, 0.5) is 0 Å². The molecular formula is C30H28N4O. The molecule has 3 heterocycles. The van der Waals surface area contributed by atoms with E-state index in [0.717, 1.165) is 53.8 Å². The van der Waals surface area contributed by atoms with E-state index in [1.807, 2.05) is 59.5 Å². The summed E-state index contributed by atoms with van der Waals surface area (Å²) in [5, 5.41) is 8.36. The van der Waals surface area contributed by atoms with Crippen molar-refractivity contribution in [3.8, 4) is 23.0 Å². The Morgan fingerprint density at radius 1 is 0.914 bits per heavy atom. The number of aromatic amines is 1. The minimum Gasteiger partial charge on any atom is -0.337 e. The smallest absolute Gasteiger partial charge is 0.254 e. The molecule has 0 unspecified atom stereocenters. The van der Waals surface area contributed by atoms with Gasteiger partial charge in [0.15, 0.2) is 0 Å². The quantitative estimate of drug-likeness (QED) is 0.438. The van der Waals surface area contributed by atoms with Gasteiger partial charge in [-0.15, -0.1) is 0 Å². The Morgan fingerprint density at radius 3 is 2.46 bits per heavy atom. The van der Waals surface area contributed by atoms with Gasteiger partial charge in [0.25, 0.3) is 5.91 Å². The molecule has 1 aromatic heterocycles. The molecule has 2 aliphatic heterocycles. The molecule has 0 saturated carbocycles. The lowest BCUT2D eigenvalue weighted by atomic mass is 9.72. The highest BCUT2D eigenvalue weighted by molar-refractivity contribution is 6.08. The molecule has 0 aliphatic carbocycles. The van der Waals surface area contributed by atoms with Gasteiger partial charge in [0.05, 0.1) is 11.1 Å². The molecule has 2 fully saturated rings. The molecule has 174 valence electrons. The standard InChI is InChI=1S/C30H28N4O/c1-33-18-16-30(17-19-33)20-34(21-30)29(35)25-12-7-13-26-28(25)27(32-31-26)15-14-23-10-5-6-11-24(23)22-8-3-2-4-9-22/h2-13H,16-21H2,1H3,(H,31,32). The zero-order valence-electron chi connectivity index (χ0n) is 19.9. The maximum atomic E-state index is 13.5. The van der Waals surface area contributed by atoms with Gasteiger partial charge >= 0.3 is 0 Å². The molecular weight excluding hydrogens is 432 g/mol. The number of aromatic nitrogens is 2. The van der Waals surface area contributed by atoms with Gasteiger partial charge in [-0.05, 0) is 68.2 Å². The molecule has 5 heteroatoms. The highest BCUT2D eigenvalue weighted by atomic mass is 16.2. The first-order valence-corrected chi connectivity index (χ1v) is 12.2. The fraction of sp³-hybridized carbons (Fsp3) is 0.267. The van der Waals surface area contributed by atoms with Crippen LogP contribution in [0.5, 0.6) is 0 Å². The highest BCUT2D eigenvalue weighted by Crippen LogP contribution is 2.41. The molecule has 35 heavy (non-hydrogen) atoms. The molecule has 0 radical (unpaired) electrons. The maximum absolute atomic E-state index is 13.5. The predicted octanol–water partition coefficient (Wildman–Crippen LogP) is 4.80. The van der Waals surface area contributed by atoms with Crippen LogP contribution in [0, 0.1) is 17.3 Å². The van der Waals surface area contributed by atoms with Crippen molar-refractivity contribution in [1.29, 1.82) is 0 Å². The third-order valence-electron chi connectivity index (χ3n) is 7.53. The van der Waals surface area contributed by atoms with E-state index in [0.29, 0.717) is 16.7 Å². The van der Waals surface area contributed by atoms with Crippen molar-refractivity contribution in [2.45, 2.75) is 12.8 Å².